The summed E-state index contributed by atoms with van der Waals surface area (Å²) in [5.41, 5.74) is 6.26. The molecular formula is C11H11FN2OS. The van der Waals surface area contributed by atoms with Gasteiger partial charge in [-0.15, -0.1) is 11.3 Å². The fourth-order valence-electron chi connectivity index (χ4n) is 1.22. The van der Waals surface area contributed by atoms with E-state index in [4.69, 9.17) is 10.5 Å². The van der Waals surface area contributed by atoms with E-state index in [-0.39, 0.29) is 5.82 Å². The van der Waals surface area contributed by atoms with Crippen molar-refractivity contribution >= 4 is 11.3 Å². The van der Waals surface area contributed by atoms with E-state index < -0.39 is 0 Å². The molecule has 84 valence electrons. The highest BCUT2D eigenvalue weighted by molar-refractivity contribution is 7.09. The highest BCUT2D eigenvalue weighted by Crippen LogP contribution is 2.15. The van der Waals surface area contributed by atoms with Crippen LogP contribution in [-0.2, 0) is 13.2 Å². The molecule has 2 rings (SSSR count). The minimum atomic E-state index is -0.307. The van der Waals surface area contributed by atoms with Crippen LogP contribution >= 0.6 is 11.3 Å². The summed E-state index contributed by atoms with van der Waals surface area (Å²) >= 11 is 1.50. The van der Waals surface area contributed by atoms with Crippen LogP contribution in [0.2, 0.25) is 0 Å². The summed E-state index contributed by atoms with van der Waals surface area (Å²) in [5, 5.41) is 2.76. The van der Waals surface area contributed by atoms with Gasteiger partial charge in [-0.05, 0) is 12.1 Å². The Bertz CT molecular complexity index is 473. The Balaban J connectivity index is 1.96. The molecule has 0 bridgehead atoms. The number of ether oxygens (including phenoxy) is 1. The molecule has 0 aliphatic heterocycles. The highest BCUT2D eigenvalue weighted by atomic mass is 32.1. The average Bonchev–Trinajstić information content (AvgIpc) is 2.74. The molecular weight excluding hydrogens is 227 g/mol. The number of hydrogen-bond acceptors (Lipinski definition) is 4. The van der Waals surface area contributed by atoms with Crippen molar-refractivity contribution in [2.45, 2.75) is 13.2 Å². The van der Waals surface area contributed by atoms with Gasteiger partial charge >= 0.3 is 0 Å². The van der Waals surface area contributed by atoms with Gasteiger partial charge in [0.1, 0.15) is 23.2 Å². The Labute approximate surface area is 96.7 Å². The van der Waals surface area contributed by atoms with Gasteiger partial charge in [0, 0.05) is 18.0 Å². The van der Waals surface area contributed by atoms with Gasteiger partial charge in [-0.3, -0.25) is 0 Å². The number of benzene rings is 1. The molecule has 2 aromatic rings. The van der Waals surface area contributed by atoms with Crippen LogP contribution in [0.15, 0.2) is 29.6 Å². The average molecular weight is 238 g/mol. The van der Waals surface area contributed by atoms with Gasteiger partial charge in [-0.1, -0.05) is 6.07 Å². The van der Waals surface area contributed by atoms with Gasteiger partial charge < -0.3 is 10.5 Å². The van der Waals surface area contributed by atoms with Crippen LogP contribution in [0.3, 0.4) is 0 Å². The van der Waals surface area contributed by atoms with Crippen LogP contribution in [-0.4, -0.2) is 4.98 Å². The predicted octanol–water partition coefficient (Wildman–Crippen LogP) is 2.32. The maximum atomic E-state index is 12.8. The first-order valence-electron chi connectivity index (χ1n) is 4.79. The highest BCUT2D eigenvalue weighted by Gasteiger charge is 2.02. The van der Waals surface area contributed by atoms with E-state index in [9.17, 15) is 4.39 Å². The molecule has 16 heavy (non-hydrogen) atoms. The van der Waals surface area contributed by atoms with Crippen molar-refractivity contribution in [1.82, 2.24) is 4.98 Å². The van der Waals surface area contributed by atoms with Crippen LogP contribution in [0.5, 0.6) is 5.75 Å². The normalized spacial score (nSPS) is 10.4. The first-order valence-corrected chi connectivity index (χ1v) is 5.67. The number of hydrogen-bond donors (Lipinski definition) is 1. The minimum absolute atomic E-state index is 0.307. The third kappa shape index (κ3) is 2.77. The zero-order valence-corrected chi connectivity index (χ0v) is 9.34. The smallest absolute Gasteiger partial charge is 0.131 e. The molecule has 5 heteroatoms. The Kier molecular flexibility index (Phi) is 3.48. The van der Waals surface area contributed by atoms with Crippen molar-refractivity contribution < 1.29 is 9.13 Å². The Hall–Kier alpha value is -1.46. The number of nitrogens with two attached hydrogens (primary N) is 1. The summed E-state index contributed by atoms with van der Waals surface area (Å²) in [7, 11) is 0. The van der Waals surface area contributed by atoms with Crippen molar-refractivity contribution in [3.8, 4) is 5.75 Å². The molecule has 1 aromatic heterocycles. The molecule has 0 aliphatic carbocycles. The molecule has 3 nitrogen and oxygen atoms in total. The van der Waals surface area contributed by atoms with E-state index in [2.05, 4.69) is 4.98 Å². The second kappa shape index (κ2) is 5.05. The van der Waals surface area contributed by atoms with Crippen molar-refractivity contribution in [2.75, 3.05) is 0 Å². The number of thiazole rings is 1. The number of nitrogens with zero attached hydrogens (tertiary/aromatic N) is 1. The fourth-order valence-corrected chi connectivity index (χ4v) is 1.88. The quantitative estimate of drug-likeness (QED) is 0.889. The van der Waals surface area contributed by atoms with Crippen molar-refractivity contribution in [1.29, 1.82) is 0 Å². The third-order valence-corrected chi connectivity index (χ3v) is 2.88. The number of rotatable bonds is 4. The molecule has 0 unspecified atom stereocenters. The summed E-state index contributed by atoms with van der Waals surface area (Å²) in [6, 6.07) is 6.04. The molecule has 0 spiro atoms. The van der Waals surface area contributed by atoms with E-state index in [1.165, 1.54) is 23.5 Å². The second-order valence-electron chi connectivity index (χ2n) is 3.18. The molecule has 1 aromatic carbocycles. The standard InChI is InChI=1S/C11H11FN2OS/c12-8-2-1-3-10(4-8)15-6-9-7-16-11(5-13)14-9/h1-4,7H,5-6,13H2. The van der Waals surface area contributed by atoms with Crippen LogP contribution in [0, 0.1) is 5.82 Å². The zero-order valence-electron chi connectivity index (χ0n) is 8.52. The molecule has 0 fully saturated rings. The summed E-state index contributed by atoms with van der Waals surface area (Å²) < 4.78 is 18.2. The Morgan fingerprint density at radius 3 is 3.00 bits per heavy atom. The maximum Gasteiger partial charge on any atom is 0.131 e. The van der Waals surface area contributed by atoms with Gasteiger partial charge in [0.05, 0.1) is 5.69 Å². The first-order chi connectivity index (χ1) is 7.78. The second-order valence-corrected chi connectivity index (χ2v) is 4.13. The fraction of sp³-hybridized carbons (Fsp3) is 0.182. The van der Waals surface area contributed by atoms with Crippen LogP contribution in [0.4, 0.5) is 4.39 Å². The van der Waals surface area contributed by atoms with E-state index in [1.54, 1.807) is 12.1 Å². The Morgan fingerprint density at radius 1 is 1.44 bits per heavy atom. The topological polar surface area (TPSA) is 48.1 Å². The van der Waals surface area contributed by atoms with Gasteiger partial charge in [-0.25, -0.2) is 9.37 Å². The molecule has 2 N–H and O–H groups in total. The van der Waals surface area contributed by atoms with E-state index in [0.29, 0.717) is 18.9 Å². The molecule has 0 aliphatic rings. The lowest BCUT2D eigenvalue weighted by Gasteiger charge is -2.03. The SMILES string of the molecule is NCc1nc(COc2cccc(F)c2)cs1. The van der Waals surface area contributed by atoms with Crippen molar-refractivity contribution in [2.24, 2.45) is 5.73 Å². The lowest BCUT2D eigenvalue weighted by molar-refractivity contribution is 0.300. The Morgan fingerprint density at radius 2 is 2.31 bits per heavy atom. The molecule has 0 atom stereocenters. The third-order valence-electron chi connectivity index (χ3n) is 1.96. The number of aromatic nitrogens is 1. The molecule has 1 heterocycles. The summed E-state index contributed by atoms with van der Waals surface area (Å²) in [5.74, 6) is 0.195. The van der Waals surface area contributed by atoms with E-state index in [1.807, 2.05) is 5.38 Å². The monoisotopic (exact) mass is 238 g/mol. The maximum absolute atomic E-state index is 12.8. The van der Waals surface area contributed by atoms with Crippen LogP contribution in [0.25, 0.3) is 0 Å². The van der Waals surface area contributed by atoms with Gasteiger partial charge in [0.15, 0.2) is 0 Å². The largest absolute Gasteiger partial charge is 0.487 e. The van der Waals surface area contributed by atoms with E-state index >= 15 is 0 Å². The summed E-state index contributed by atoms with van der Waals surface area (Å²) in [6.07, 6.45) is 0. The van der Waals surface area contributed by atoms with Crippen molar-refractivity contribution in [3.63, 3.8) is 0 Å². The van der Waals surface area contributed by atoms with Crippen LogP contribution in [0.1, 0.15) is 10.7 Å². The summed E-state index contributed by atoms with van der Waals surface area (Å²) in [6.45, 7) is 0.768. The molecule has 0 saturated heterocycles. The molecule has 0 saturated carbocycles. The molecule has 0 amide bonds. The summed E-state index contributed by atoms with van der Waals surface area (Å²) in [4.78, 5) is 4.24. The zero-order chi connectivity index (χ0) is 11.4. The lowest BCUT2D eigenvalue weighted by Crippen LogP contribution is -1.98. The lowest BCUT2D eigenvalue weighted by atomic mass is 10.3. The van der Waals surface area contributed by atoms with Gasteiger partial charge in [-0.2, -0.15) is 0 Å². The minimum Gasteiger partial charge on any atom is -0.487 e. The molecule has 0 radical (unpaired) electrons. The predicted molar refractivity (Wildman–Crippen MR) is 60.7 cm³/mol. The first kappa shape index (κ1) is 11.0. The van der Waals surface area contributed by atoms with Crippen molar-refractivity contribution in [3.05, 3.63) is 46.2 Å². The van der Waals surface area contributed by atoms with Crippen LogP contribution < -0.4 is 10.5 Å². The number of halogens is 1. The van der Waals surface area contributed by atoms with E-state index in [0.717, 1.165) is 10.7 Å². The van der Waals surface area contributed by atoms with Gasteiger partial charge in [0.25, 0.3) is 0 Å². The van der Waals surface area contributed by atoms with Gasteiger partial charge in [0.2, 0.25) is 0 Å².